The number of benzene rings is 3. The van der Waals surface area contributed by atoms with E-state index in [4.69, 9.17) is 10.2 Å². The second kappa shape index (κ2) is 10.5. The number of imidazole rings is 1. The van der Waals surface area contributed by atoms with E-state index < -0.39 is 5.97 Å². The van der Waals surface area contributed by atoms with Gasteiger partial charge < -0.3 is 19.5 Å². The molecule has 3 aromatic carbocycles. The molecule has 0 saturated heterocycles. The highest BCUT2D eigenvalue weighted by Crippen LogP contribution is 2.29. The second-order valence-corrected chi connectivity index (χ2v) is 9.11. The first kappa shape index (κ1) is 25.5. The van der Waals surface area contributed by atoms with Gasteiger partial charge in [-0.05, 0) is 47.4 Å². The molecule has 4 aromatic rings. The first-order valence-corrected chi connectivity index (χ1v) is 12.0. The van der Waals surface area contributed by atoms with Gasteiger partial charge in [-0.2, -0.15) is 5.26 Å². The van der Waals surface area contributed by atoms with Gasteiger partial charge in [-0.15, -0.1) is 4.99 Å². The van der Waals surface area contributed by atoms with Crippen molar-refractivity contribution in [3.8, 4) is 17.3 Å². The van der Waals surface area contributed by atoms with Gasteiger partial charge in [0.15, 0.2) is 0 Å². The van der Waals surface area contributed by atoms with E-state index in [1.807, 2.05) is 80.5 Å². The fourth-order valence-corrected chi connectivity index (χ4v) is 4.59. The molecule has 8 heteroatoms. The molecule has 8 nitrogen and oxygen atoms in total. The smallest absolute Gasteiger partial charge is 0.336 e. The molecule has 0 fully saturated rings. The SMILES string of the molecule is CCc1nc2c(C)cc(N(C)/C(=N\C#N)N(C)C)cc2n1Cc1ccc(-c2ccccc2C(=O)O)cc1. The number of anilines is 1. The van der Waals surface area contributed by atoms with Crippen LogP contribution >= 0.6 is 0 Å². The van der Waals surface area contributed by atoms with Crippen molar-refractivity contribution in [2.75, 3.05) is 26.0 Å². The monoisotopic (exact) mass is 494 g/mol. The Morgan fingerprint density at radius 3 is 2.43 bits per heavy atom. The van der Waals surface area contributed by atoms with E-state index in [2.05, 4.69) is 28.6 Å². The number of aliphatic imine (C=N–C) groups is 1. The van der Waals surface area contributed by atoms with E-state index in [-0.39, 0.29) is 5.56 Å². The van der Waals surface area contributed by atoms with Crippen molar-refractivity contribution in [2.45, 2.75) is 26.8 Å². The van der Waals surface area contributed by atoms with Gasteiger partial charge in [0.2, 0.25) is 12.2 Å². The lowest BCUT2D eigenvalue weighted by atomic mass is 9.99. The first-order chi connectivity index (χ1) is 17.7. The number of aryl methyl sites for hydroxylation is 2. The number of fused-ring (bicyclic) bond motifs is 1. The third-order valence-electron chi connectivity index (χ3n) is 6.42. The van der Waals surface area contributed by atoms with E-state index in [0.29, 0.717) is 18.1 Å². The maximum absolute atomic E-state index is 11.6. The third kappa shape index (κ3) is 5.02. The highest BCUT2D eigenvalue weighted by Gasteiger charge is 2.18. The second-order valence-electron chi connectivity index (χ2n) is 9.11. The molecule has 0 spiro atoms. The number of carbonyl (C=O) groups is 1. The average molecular weight is 495 g/mol. The Balaban J connectivity index is 1.74. The van der Waals surface area contributed by atoms with Crippen molar-refractivity contribution in [2.24, 2.45) is 4.99 Å². The van der Waals surface area contributed by atoms with Gasteiger partial charge in [0.05, 0.1) is 16.6 Å². The molecule has 0 amide bonds. The number of hydrogen-bond acceptors (Lipinski definition) is 4. The summed E-state index contributed by atoms with van der Waals surface area (Å²) in [6.07, 6.45) is 2.67. The van der Waals surface area contributed by atoms with Crippen LogP contribution in [0.4, 0.5) is 5.69 Å². The Hall–Kier alpha value is -4.64. The molecular formula is C29H30N6O2. The number of aromatic carboxylic acids is 1. The van der Waals surface area contributed by atoms with Crippen LogP contribution in [0.3, 0.4) is 0 Å². The average Bonchev–Trinajstić information content (AvgIpc) is 3.25. The zero-order chi connectivity index (χ0) is 26.7. The third-order valence-corrected chi connectivity index (χ3v) is 6.42. The lowest BCUT2D eigenvalue weighted by Crippen LogP contribution is -2.38. The summed E-state index contributed by atoms with van der Waals surface area (Å²) in [5, 5.41) is 18.7. The number of guanidine groups is 1. The predicted molar refractivity (Wildman–Crippen MR) is 147 cm³/mol. The number of carboxylic acid groups (broad SMARTS) is 1. The van der Waals surface area contributed by atoms with Crippen molar-refractivity contribution in [3.05, 3.63) is 83.2 Å². The number of carboxylic acids is 1. The molecule has 37 heavy (non-hydrogen) atoms. The summed E-state index contributed by atoms with van der Waals surface area (Å²) < 4.78 is 2.22. The maximum Gasteiger partial charge on any atom is 0.336 e. The first-order valence-electron chi connectivity index (χ1n) is 12.0. The number of nitrogens with zero attached hydrogens (tertiary/aromatic N) is 6. The molecule has 188 valence electrons. The molecule has 1 N–H and O–H groups in total. The zero-order valence-corrected chi connectivity index (χ0v) is 21.7. The van der Waals surface area contributed by atoms with Gasteiger partial charge in [-0.3, -0.25) is 0 Å². The summed E-state index contributed by atoms with van der Waals surface area (Å²) >= 11 is 0. The normalized spacial score (nSPS) is 11.4. The lowest BCUT2D eigenvalue weighted by Gasteiger charge is -2.26. The van der Waals surface area contributed by atoms with Gasteiger partial charge in [0.25, 0.3) is 0 Å². The van der Waals surface area contributed by atoms with Gasteiger partial charge >= 0.3 is 5.97 Å². The van der Waals surface area contributed by atoms with Crippen LogP contribution in [0.5, 0.6) is 0 Å². The van der Waals surface area contributed by atoms with E-state index in [1.165, 1.54) is 0 Å². The summed E-state index contributed by atoms with van der Waals surface area (Å²) in [5.41, 5.74) is 6.85. The van der Waals surface area contributed by atoms with Crippen molar-refractivity contribution in [3.63, 3.8) is 0 Å². The summed E-state index contributed by atoms with van der Waals surface area (Å²) in [5.74, 6) is 0.586. The van der Waals surface area contributed by atoms with Crippen molar-refractivity contribution in [1.29, 1.82) is 5.26 Å². The van der Waals surface area contributed by atoms with Crippen LogP contribution < -0.4 is 4.90 Å². The van der Waals surface area contributed by atoms with Crippen LogP contribution in [0.2, 0.25) is 0 Å². The number of hydrogen-bond donors (Lipinski definition) is 1. The minimum Gasteiger partial charge on any atom is -0.478 e. The van der Waals surface area contributed by atoms with Crippen LogP contribution in [-0.4, -0.2) is 52.6 Å². The van der Waals surface area contributed by atoms with E-state index in [0.717, 1.165) is 45.7 Å². The van der Waals surface area contributed by atoms with Crippen LogP contribution in [0.1, 0.15) is 34.2 Å². The fraction of sp³-hybridized carbons (Fsp3) is 0.241. The molecule has 0 aliphatic heterocycles. The number of rotatable bonds is 6. The molecule has 0 unspecified atom stereocenters. The largest absolute Gasteiger partial charge is 0.478 e. The topological polar surface area (TPSA) is 97.8 Å². The van der Waals surface area contributed by atoms with Gasteiger partial charge in [0, 0.05) is 39.8 Å². The molecule has 1 heterocycles. The lowest BCUT2D eigenvalue weighted by molar-refractivity contribution is 0.0697. The highest BCUT2D eigenvalue weighted by molar-refractivity contribution is 5.98. The van der Waals surface area contributed by atoms with Crippen LogP contribution in [0, 0.1) is 18.4 Å². The molecular weight excluding hydrogens is 464 g/mol. The highest BCUT2D eigenvalue weighted by atomic mass is 16.4. The molecule has 0 saturated carbocycles. The maximum atomic E-state index is 11.6. The molecule has 1 aromatic heterocycles. The Labute approximate surface area is 216 Å². The summed E-state index contributed by atoms with van der Waals surface area (Å²) in [7, 11) is 5.61. The standard InChI is InChI=1S/C29H30N6O2/c1-6-26-32-27-19(2)15-22(34(5)29(31-18-30)33(3)4)16-25(27)35(26)17-20-11-13-21(14-12-20)23-9-7-8-10-24(23)28(36)37/h7-16H,6,17H2,1-5H3,(H,36,37)/b31-29-. The fourth-order valence-electron chi connectivity index (χ4n) is 4.59. The molecule has 0 radical (unpaired) electrons. The van der Waals surface area contributed by atoms with Crippen molar-refractivity contribution < 1.29 is 9.90 Å². The van der Waals surface area contributed by atoms with Gasteiger partial charge in [0.1, 0.15) is 5.82 Å². The zero-order valence-electron chi connectivity index (χ0n) is 21.7. The van der Waals surface area contributed by atoms with Gasteiger partial charge in [-0.25, -0.2) is 9.78 Å². The Morgan fingerprint density at radius 1 is 1.11 bits per heavy atom. The minimum atomic E-state index is -0.939. The van der Waals surface area contributed by atoms with E-state index in [9.17, 15) is 9.90 Å². The van der Waals surface area contributed by atoms with Crippen LogP contribution in [-0.2, 0) is 13.0 Å². The number of nitriles is 1. The van der Waals surface area contributed by atoms with Crippen LogP contribution in [0.15, 0.2) is 65.7 Å². The quantitative estimate of drug-likeness (QED) is 0.226. The van der Waals surface area contributed by atoms with Crippen molar-refractivity contribution >= 4 is 28.6 Å². The van der Waals surface area contributed by atoms with Gasteiger partial charge in [-0.1, -0.05) is 49.4 Å². The Bertz CT molecular complexity index is 1530. The predicted octanol–water partition coefficient (Wildman–Crippen LogP) is 5.16. The molecule has 4 rings (SSSR count). The van der Waals surface area contributed by atoms with Crippen molar-refractivity contribution in [1.82, 2.24) is 14.5 Å². The summed E-state index contributed by atoms with van der Waals surface area (Å²) in [4.78, 5) is 24.3. The molecule has 0 aliphatic rings. The summed E-state index contributed by atoms with van der Waals surface area (Å²) in [6, 6.07) is 19.2. The minimum absolute atomic E-state index is 0.285. The molecule has 0 aliphatic carbocycles. The van der Waals surface area contributed by atoms with E-state index >= 15 is 0 Å². The molecule has 0 bridgehead atoms. The van der Waals surface area contributed by atoms with E-state index in [1.54, 1.807) is 12.1 Å². The van der Waals surface area contributed by atoms with Crippen LogP contribution in [0.25, 0.3) is 22.2 Å². The Morgan fingerprint density at radius 2 is 1.81 bits per heavy atom. The number of aromatic nitrogens is 2. The summed E-state index contributed by atoms with van der Waals surface area (Å²) in [6.45, 7) is 4.76. The Kier molecular flexibility index (Phi) is 7.25. The molecule has 0 atom stereocenters.